The van der Waals surface area contributed by atoms with Gasteiger partial charge in [-0.2, -0.15) is 0 Å². The van der Waals surface area contributed by atoms with Crippen LogP contribution in [0.3, 0.4) is 0 Å². The molecular formula is C15H23NO. The first-order chi connectivity index (χ1) is 8.15. The first-order valence-corrected chi connectivity index (χ1v) is 6.60. The maximum Gasteiger partial charge on any atom is 0.0593 e. The Morgan fingerprint density at radius 1 is 1.24 bits per heavy atom. The van der Waals surface area contributed by atoms with Crippen LogP contribution in [0.4, 0.5) is 0 Å². The van der Waals surface area contributed by atoms with Crippen LogP contribution >= 0.6 is 0 Å². The van der Waals surface area contributed by atoms with E-state index in [-0.39, 0.29) is 6.04 Å². The first-order valence-electron chi connectivity index (χ1n) is 6.60. The highest BCUT2D eigenvalue weighted by molar-refractivity contribution is 5.30. The molecule has 1 aromatic rings. The Labute approximate surface area is 104 Å². The van der Waals surface area contributed by atoms with Gasteiger partial charge in [0, 0.05) is 12.6 Å². The number of rotatable bonds is 3. The van der Waals surface area contributed by atoms with E-state index in [1.807, 2.05) is 0 Å². The molecule has 0 aliphatic carbocycles. The van der Waals surface area contributed by atoms with E-state index >= 15 is 0 Å². The van der Waals surface area contributed by atoms with Crippen LogP contribution in [0.2, 0.25) is 0 Å². The van der Waals surface area contributed by atoms with Crippen LogP contribution in [0.15, 0.2) is 18.2 Å². The third-order valence-electron chi connectivity index (χ3n) is 3.46. The van der Waals surface area contributed by atoms with E-state index in [0.29, 0.717) is 6.10 Å². The standard InChI is InChI=1S/C15H23NO/c1-11-7-12(2)9-13(8-11)15(16)10-14-5-3-4-6-17-14/h7-9,14-15H,3-6,10,16H2,1-2H3. The highest BCUT2D eigenvalue weighted by Crippen LogP contribution is 2.24. The Morgan fingerprint density at radius 2 is 1.94 bits per heavy atom. The van der Waals surface area contributed by atoms with Gasteiger partial charge in [-0.25, -0.2) is 0 Å². The highest BCUT2D eigenvalue weighted by Gasteiger charge is 2.18. The van der Waals surface area contributed by atoms with Gasteiger partial charge in [0.2, 0.25) is 0 Å². The molecule has 2 heteroatoms. The van der Waals surface area contributed by atoms with E-state index in [9.17, 15) is 0 Å². The molecule has 1 aliphatic heterocycles. The normalized spacial score (nSPS) is 22.4. The smallest absolute Gasteiger partial charge is 0.0593 e. The number of hydrogen-bond donors (Lipinski definition) is 1. The number of hydrogen-bond acceptors (Lipinski definition) is 2. The number of benzene rings is 1. The molecule has 94 valence electrons. The van der Waals surface area contributed by atoms with Gasteiger partial charge in [-0.05, 0) is 45.1 Å². The molecule has 2 N–H and O–H groups in total. The second kappa shape index (κ2) is 5.65. The van der Waals surface area contributed by atoms with Gasteiger partial charge >= 0.3 is 0 Å². The molecule has 2 nitrogen and oxygen atoms in total. The molecule has 0 aromatic heterocycles. The maximum atomic E-state index is 6.28. The summed E-state index contributed by atoms with van der Waals surface area (Å²) in [6, 6.07) is 6.69. The van der Waals surface area contributed by atoms with Crippen LogP contribution in [0, 0.1) is 13.8 Å². The van der Waals surface area contributed by atoms with Gasteiger partial charge in [0.1, 0.15) is 0 Å². The van der Waals surface area contributed by atoms with Gasteiger partial charge < -0.3 is 10.5 Å². The molecule has 0 amide bonds. The summed E-state index contributed by atoms with van der Waals surface area (Å²) in [6.07, 6.45) is 4.96. The summed E-state index contributed by atoms with van der Waals surface area (Å²) in [5.41, 5.74) is 10.1. The van der Waals surface area contributed by atoms with Crippen LogP contribution in [0.25, 0.3) is 0 Å². The second-order valence-electron chi connectivity index (χ2n) is 5.25. The summed E-state index contributed by atoms with van der Waals surface area (Å²) in [7, 11) is 0. The summed E-state index contributed by atoms with van der Waals surface area (Å²) in [5, 5.41) is 0. The zero-order valence-corrected chi connectivity index (χ0v) is 10.9. The SMILES string of the molecule is Cc1cc(C)cc(C(N)CC2CCCCO2)c1. The summed E-state index contributed by atoms with van der Waals surface area (Å²) < 4.78 is 5.75. The third kappa shape index (κ3) is 3.55. The van der Waals surface area contributed by atoms with Gasteiger partial charge in [-0.15, -0.1) is 0 Å². The molecule has 2 rings (SSSR count). The zero-order chi connectivity index (χ0) is 12.3. The van der Waals surface area contributed by atoms with E-state index in [1.54, 1.807) is 0 Å². The molecule has 0 spiro atoms. The summed E-state index contributed by atoms with van der Waals surface area (Å²) in [6.45, 7) is 5.16. The zero-order valence-electron chi connectivity index (χ0n) is 10.9. The average Bonchev–Trinajstić information content (AvgIpc) is 2.29. The average molecular weight is 233 g/mol. The minimum atomic E-state index is 0.108. The minimum absolute atomic E-state index is 0.108. The molecule has 1 aromatic carbocycles. The third-order valence-corrected chi connectivity index (χ3v) is 3.46. The van der Waals surface area contributed by atoms with Crippen molar-refractivity contribution in [2.75, 3.05) is 6.61 Å². The largest absolute Gasteiger partial charge is 0.378 e. The van der Waals surface area contributed by atoms with Gasteiger partial charge in [0.05, 0.1) is 6.10 Å². The predicted octanol–water partition coefficient (Wildman–Crippen LogP) is 3.26. The van der Waals surface area contributed by atoms with Crippen LogP contribution in [0.5, 0.6) is 0 Å². The lowest BCUT2D eigenvalue weighted by molar-refractivity contribution is 0.00729. The quantitative estimate of drug-likeness (QED) is 0.869. The highest BCUT2D eigenvalue weighted by atomic mass is 16.5. The lowest BCUT2D eigenvalue weighted by Crippen LogP contribution is -2.25. The molecule has 1 fully saturated rings. The lowest BCUT2D eigenvalue weighted by Gasteiger charge is -2.25. The molecule has 0 bridgehead atoms. The Hall–Kier alpha value is -0.860. The first kappa shape index (κ1) is 12.6. The molecule has 1 saturated heterocycles. The fourth-order valence-electron chi connectivity index (χ4n) is 2.64. The molecule has 1 heterocycles. The summed E-state index contributed by atoms with van der Waals surface area (Å²) in [5.74, 6) is 0. The molecule has 17 heavy (non-hydrogen) atoms. The van der Waals surface area contributed by atoms with E-state index < -0.39 is 0 Å². The van der Waals surface area contributed by atoms with Crippen molar-refractivity contribution in [1.82, 2.24) is 0 Å². The molecule has 0 radical (unpaired) electrons. The van der Waals surface area contributed by atoms with Crippen LogP contribution < -0.4 is 5.73 Å². The summed E-state index contributed by atoms with van der Waals surface area (Å²) in [4.78, 5) is 0. The number of nitrogens with two attached hydrogens (primary N) is 1. The van der Waals surface area contributed by atoms with Crippen LogP contribution in [-0.4, -0.2) is 12.7 Å². The lowest BCUT2D eigenvalue weighted by atomic mass is 9.95. The Morgan fingerprint density at radius 3 is 2.53 bits per heavy atom. The molecular weight excluding hydrogens is 210 g/mol. The molecule has 2 unspecified atom stereocenters. The van der Waals surface area contributed by atoms with Crippen molar-refractivity contribution >= 4 is 0 Å². The van der Waals surface area contributed by atoms with E-state index in [0.717, 1.165) is 13.0 Å². The van der Waals surface area contributed by atoms with Crippen LogP contribution in [-0.2, 0) is 4.74 Å². The van der Waals surface area contributed by atoms with Crippen molar-refractivity contribution in [3.8, 4) is 0 Å². The second-order valence-corrected chi connectivity index (χ2v) is 5.25. The Balaban J connectivity index is 2.00. The maximum absolute atomic E-state index is 6.28. The molecule has 2 atom stereocenters. The molecule has 1 aliphatic rings. The Bertz CT molecular complexity index is 349. The van der Waals surface area contributed by atoms with Crippen molar-refractivity contribution in [3.05, 3.63) is 34.9 Å². The molecule has 0 saturated carbocycles. The predicted molar refractivity (Wildman–Crippen MR) is 71.1 cm³/mol. The number of aryl methyl sites for hydroxylation is 2. The van der Waals surface area contributed by atoms with Crippen molar-refractivity contribution < 1.29 is 4.74 Å². The summed E-state index contributed by atoms with van der Waals surface area (Å²) >= 11 is 0. The van der Waals surface area contributed by atoms with Crippen LogP contribution in [0.1, 0.15) is 48.4 Å². The Kier molecular flexibility index (Phi) is 4.19. The van der Waals surface area contributed by atoms with Crippen molar-refractivity contribution in [2.45, 2.75) is 51.7 Å². The van der Waals surface area contributed by atoms with E-state index in [1.165, 1.54) is 36.0 Å². The van der Waals surface area contributed by atoms with Crippen molar-refractivity contribution in [1.29, 1.82) is 0 Å². The monoisotopic (exact) mass is 233 g/mol. The number of ether oxygens (including phenoxy) is 1. The fourth-order valence-corrected chi connectivity index (χ4v) is 2.64. The van der Waals surface area contributed by atoms with Gasteiger partial charge in [-0.1, -0.05) is 29.3 Å². The van der Waals surface area contributed by atoms with E-state index in [4.69, 9.17) is 10.5 Å². The fraction of sp³-hybridized carbons (Fsp3) is 0.600. The van der Waals surface area contributed by atoms with E-state index in [2.05, 4.69) is 32.0 Å². The van der Waals surface area contributed by atoms with Gasteiger partial charge in [0.25, 0.3) is 0 Å². The van der Waals surface area contributed by atoms with Crippen molar-refractivity contribution in [2.24, 2.45) is 5.73 Å². The van der Waals surface area contributed by atoms with Crippen molar-refractivity contribution in [3.63, 3.8) is 0 Å². The topological polar surface area (TPSA) is 35.2 Å². The minimum Gasteiger partial charge on any atom is -0.378 e. The van der Waals surface area contributed by atoms with Gasteiger partial charge in [0.15, 0.2) is 0 Å². The van der Waals surface area contributed by atoms with Gasteiger partial charge in [-0.3, -0.25) is 0 Å².